The second kappa shape index (κ2) is 8.17. The zero-order chi connectivity index (χ0) is 25.2. The number of carbonyl (C=O) groups excluding carboxylic acids is 2. The molecule has 0 aliphatic heterocycles. The highest BCUT2D eigenvalue weighted by molar-refractivity contribution is 6.15. The van der Waals surface area contributed by atoms with E-state index in [2.05, 4.69) is 5.16 Å². The highest BCUT2D eigenvalue weighted by Gasteiger charge is 2.63. The number of ether oxygens (including phenoxy) is 1. The number of nitrogens with zero attached hydrogens (tertiary/aromatic N) is 2. The van der Waals surface area contributed by atoms with Crippen molar-refractivity contribution < 1.29 is 38.6 Å². The Bertz CT molecular complexity index is 1270. The van der Waals surface area contributed by atoms with E-state index in [9.17, 15) is 29.3 Å². The maximum absolute atomic E-state index is 14.6. The second-order valence-electron chi connectivity index (χ2n) is 9.69. The van der Waals surface area contributed by atoms with Crippen molar-refractivity contribution >= 4 is 11.6 Å². The standard InChI is InChI=1S/C25H27FN2O7/c1-4-5-8-34-24-18-21(35-27-24)19(28(2)3)13-10-11-9-12-14(26)6-7-15(29)17(12)20(30)16(11)22(31)25(13,33)23(18)32/h6-7,11,13,19,29,31,33H,4-5,8-10H2,1-3H3/t11-,13-,19-,25-/m0/s1. The van der Waals surface area contributed by atoms with Crippen LogP contribution in [-0.4, -0.2) is 63.2 Å². The molecule has 1 heterocycles. The Kier molecular flexibility index (Phi) is 5.48. The monoisotopic (exact) mass is 486 g/mol. The number of phenols is 1. The number of benzene rings is 1. The number of aliphatic hydroxyl groups excluding tert-OH is 1. The first-order valence-electron chi connectivity index (χ1n) is 11.7. The van der Waals surface area contributed by atoms with Gasteiger partial charge in [-0.1, -0.05) is 13.3 Å². The molecule has 4 atom stereocenters. The number of aliphatic hydroxyl groups is 2. The Labute approximate surface area is 200 Å². The number of carbonyl (C=O) groups is 2. The lowest BCUT2D eigenvalue weighted by Crippen LogP contribution is -2.59. The molecule has 1 aromatic heterocycles. The number of unbranched alkanes of at least 4 members (excludes halogenated alkanes) is 1. The van der Waals surface area contributed by atoms with E-state index in [1.807, 2.05) is 6.92 Å². The molecule has 10 heteroatoms. The number of aromatic nitrogens is 1. The first-order valence-corrected chi connectivity index (χ1v) is 11.7. The summed E-state index contributed by atoms with van der Waals surface area (Å²) in [6, 6.07) is 1.47. The third kappa shape index (κ3) is 3.16. The Morgan fingerprint density at radius 3 is 2.69 bits per heavy atom. The number of Topliss-reactive ketones (excluding diaryl/α,β-unsaturated/α-hetero) is 2. The lowest BCUT2D eigenvalue weighted by atomic mass is 9.58. The van der Waals surface area contributed by atoms with E-state index in [0.29, 0.717) is 6.42 Å². The molecule has 0 amide bonds. The predicted molar refractivity (Wildman–Crippen MR) is 120 cm³/mol. The number of hydrogen-bond acceptors (Lipinski definition) is 9. The number of hydrogen-bond donors (Lipinski definition) is 3. The third-order valence-corrected chi connectivity index (χ3v) is 7.46. The number of allylic oxidation sites excluding steroid dienone is 1. The maximum atomic E-state index is 14.6. The summed E-state index contributed by atoms with van der Waals surface area (Å²) < 4.78 is 25.8. The lowest BCUT2D eigenvalue weighted by molar-refractivity contribution is -0.0559. The van der Waals surface area contributed by atoms with Gasteiger partial charge in [-0.05, 0) is 56.6 Å². The first-order chi connectivity index (χ1) is 16.6. The zero-order valence-electron chi connectivity index (χ0n) is 19.7. The Balaban J connectivity index is 1.68. The van der Waals surface area contributed by atoms with E-state index in [4.69, 9.17) is 9.26 Å². The molecule has 9 nitrogen and oxygen atoms in total. The van der Waals surface area contributed by atoms with Crippen LogP contribution >= 0.6 is 0 Å². The SMILES string of the molecule is CCCCOc1noc2c1C(=O)[C@@]1(O)C(O)=C3C(=O)c4c(O)ccc(F)c4C[C@H]3C[C@H]1[C@@H]2N(C)C. The molecule has 0 spiro atoms. The number of fused-ring (bicyclic) bond motifs is 4. The fraction of sp³-hybridized carbons (Fsp3) is 0.480. The summed E-state index contributed by atoms with van der Waals surface area (Å²) in [4.78, 5) is 28.9. The summed E-state index contributed by atoms with van der Waals surface area (Å²) in [5.41, 5.74) is -2.90. The number of phenolic OH excluding ortho intramolecular Hbond substituents is 1. The van der Waals surface area contributed by atoms with Crippen molar-refractivity contribution in [2.75, 3.05) is 20.7 Å². The van der Waals surface area contributed by atoms with E-state index >= 15 is 0 Å². The zero-order valence-corrected chi connectivity index (χ0v) is 19.7. The molecule has 0 saturated carbocycles. The van der Waals surface area contributed by atoms with Gasteiger partial charge in [0.1, 0.15) is 22.9 Å². The summed E-state index contributed by atoms with van der Waals surface area (Å²) in [5.74, 6) is -4.94. The van der Waals surface area contributed by atoms with Crippen LogP contribution in [-0.2, 0) is 6.42 Å². The number of halogens is 1. The van der Waals surface area contributed by atoms with Gasteiger partial charge in [0.05, 0.1) is 18.2 Å². The summed E-state index contributed by atoms with van der Waals surface area (Å²) in [6.45, 7) is 2.26. The first kappa shape index (κ1) is 23.5. The molecule has 0 fully saturated rings. The highest BCUT2D eigenvalue weighted by Crippen LogP contribution is 2.56. The van der Waals surface area contributed by atoms with Gasteiger partial charge in [-0.15, -0.1) is 0 Å². The van der Waals surface area contributed by atoms with Crippen molar-refractivity contribution in [3.63, 3.8) is 0 Å². The van der Waals surface area contributed by atoms with Gasteiger partial charge in [0.25, 0.3) is 5.88 Å². The number of ketones is 2. The quantitative estimate of drug-likeness (QED) is 0.545. The molecule has 3 aliphatic rings. The average Bonchev–Trinajstić information content (AvgIpc) is 3.22. The summed E-state index contributed by atoms with van der Waals surface area (Å²) in [7, 11) is 3.47. The van der Waals surface area contributed by atoms with E-state index in [1.165, 1.54) is 0 Å². The molecule has 0 unspecified atom stereocenters. The van der Waals surface area contributed by atoms with Crippen molar-refractivity contribution in [3.8, 4) is 11.6 Å². The molecule has 3 N–H and O–H groups in total. The molecule has 1 aromatic carbocycles. The van der Waals surface area contributed by atoms with Crippen LogP contribution in [0.15, 0.2) is 28.0 Å². The number of rotatable bonds is 5. The highest BCUT2D eigenvalue weighted by atomic mass is 19.1. The predicted octanol–water partition coefficient (Wildman–Crippen LogP) is 3.12. The van der Waals surface area contributed by atoms with Gasteiger partial charge in [0.2, 0.25) is 5.78 Å². The second-order valence-corrected chi connectivity index (χ2v) is 9.69. The van der Waals surface area contributed by atoms with Crippen LogP contribution in [0.1, 0.15) is 64.3 Å². The van der Waals surface area contributed by atoms with Gasteiger partial charge in [0, 0.05) is 17.1 Å². The van der Waals surface area contributed by atoms with Crippen LogP contribution in [0.3, 0.4) is 0 Å². The van der Waals surface area contributed by atoms with Gasteiger partial charge < -0.3 is 24.6 Å². The maximum Gasteiger partial charge on any atom is 0.265 e. The minimum Gasteiger partial charge on any atom is -0.508 e. The fourth-order valence-electron chi connectivity index (χ4n) is 5.80. The molecule has 35 heavy (non-hydrogen) atoms. The summed E-state index contributed by atoms with van der Waals surface area (Å²) in [5, 5.41) is 37.4. The molecule has 0 saturated heterocycles. The normalized spacial score (nSPS) is 27.4. The van der Waals surface area contributed by atoms with Crippen molar-refractivity contribution in [2.24, 2.45) is 11.8 Å². The molecule has 186 valence electrons. The van der Waals surface area contributed by atoms with Gasteiger partial charge in [-0.2, -0.15) is 0 Å². The van der Waals surface area contributed by atoms with E-state index in [0.717, 1.165) is 18.6 Å². The average molecular weight is 486 g/mol. The Morgan fingerprint density at radius 1 is 1.26 bits per heavy atom. The summed E-state index contributed by atoms with van der Waals surface area (Å²) in [6.07, 6.45) is 1.68. The van der Waals surface area contributed by atoms with Crippen LogP contribution in [0.2, 0.25) is 0 Å². The molecule has 0 bridgehead atoms. The number of aromatic hydroxyl groups is 1. The van der Waals surface area contributed by atoms with Crippen LogP contribution in [0, 0.1) is 17.7 Å². The Morgan fingerprint density at radius 2 is 2.00 bits per heavy atom. The van der Waals surface area contributed by atoms with Gasteiger partial charge in [-0.25, -0.2) is 4.39 Å². The van der Waals surface area contributed by atoms with Crippen molar-refractivity contribution in [1.29, 1.82) is 0 Å². The van der Waals surface area contributed by atoms with Crippen molar-refractivity contribution in [2.45, 2.75) is 44.2 Å². The van der Waals surface area contributed by atoms with Crippen LogP contribution in [0.4, 0.5) is 4.39 Å². The lowest BCUT2D eigenvalue weighted by Gasteiger charge is -2.49. The largest absolute Gasteiger partial charge is 0.508 e. The smallest absolute Gasteiger partial charge is 0.265 e. The van der Waals surface area contributed by atoms with Gasteiger partial charge in [-0.3, -0.25) is 14.5 Å². The molecule has 2 aromatic rings. The molecule has 0 radical (unpaired) electrons. The van der Waals surface area contributed by atoms with Gasteiger partial charge in [0.15, 0.2) is 17.1 Å². The topological polar surface area (TPSA) is 133 Å². The van der Waals surface area contributed by atoms with E-state index in [1.54, 1.807) is 19.0 Å². The molecular weight excluding hydrogens is 459 g/mol. The van der Waals surface area contributed by atoms with Gasteiger partial charge >= 0.3 is 0 Å². The fourth-order valence-corrected chi connectivity index (χ4v) is 5.80. The Hall–Kier alpha value is -3.24. The van der Waals surface area contributed by atoms with Crippen molar-refractivity contribution in [3.05, 3.63) is 51.7 Å². The van der Waals surface area contributed by atoms with E-state index < -0.39 is 52.4 Å². The third-order valence-electron chi connectivity index (χ3n) is 7.46. The minimum absolute atomic E-state index is 0.0241. The van der Waals surface area contributed by atoms with Crippen LogP contribution in [0.25, 0.3) is 0 Å². The summed E-state index contributed by atoms with van der Waals surface area (Å²) >= 11 is 0. The minimum atomic E-state index is -2.45. The molecular formula is C25H27FN2O7. The van der Waals surface area contributed by atoms with Crippen molar-refractivity contribution in [1.82, 2.24) is 10.1 Å². The molecule has 3 aliphatic carbocycles. The van der Waals surface area contributed by atoms with E-state index in [-0.39, 0.29) is 53.4 Å². The molecule has 5 rings (SSSR count). The van der Waals surface area contributed by atoms with Crippen LogP contribution < -0.4 is 4.74 Å². The van der Waals surface area contributed by atoms with Crippen LogP contribution in [0.5, 0.6) is 11.6 Å².